The molecule has 2 aliphatic rings. The lowest BCUT2D eigenvalue weighted by atomic mass is 9.69. The van der Waals surface area contributed by atoms with Crippen molar-refractivity contribution in [3.05, 3.63) is 41.5 Å². The van der Waals surface area contributed by atoms with Gasteiger partial charge in [0.05, 0.1) is 6.61 Å². The summed E-state index contributed by atoms with van der Waals surface area (Å²) in [5, 5.41) is 56.9. The van der Waals surface area contributed by atoms with E-state index in [1.165, 1.54) is 6.07 Å². The second kappa shape index (κ2) is 9.89. The monoisotopic (exact) mass is 520 g/mol. The van der Waals surface area contributed by atoms with E-state index in [9.17, 15) is 40.2 Å². The maximum absolute atomic E-state index is 12.7. The van der Waals surface area contributed by atoms with Gasteiger partial charge in [-0.05, 0) is 49.4 Å². The number of carbonyl (C=O) groups is 2. The fourth-order valence-electron chi connectivity index (χ4n) is 4.61. The zero-order chi connectivity index (χ0) is 27.0. The molecule has 1 fully saturated rings. The highest BCUT2D eigenvalue weighted by Crippen LogP contribution is 2.50. The van der Waals surface area contributed by atoms with Crippen LogP contribution in [-0.4, -0.2) is 67.9 Å². The quantitative estimate of drug-likeness (QED) is 0.188. The van der Waals surface area contributed by atoms with Crippen molar-refractivity contribution in [2.75, 3.05) is 13.2 Å². The second-order valence-corrected chi connectivity index (χ2v) is 9.02. The molecular weight excluding hydrogens is 492 g/mol. The van der Waals surface area contributed by atoms with Gasteiger partial charge in [0, 0.05) is 17.5 Å². The van der Waals surface area contributed by atoms with Crippen molar-refractivity contribution in [3.63, 3.8) is 0 Å². The highest BCUT2D eigenvalue weighted by molar-refractivity contribution is 6.02. The third-order valence-electron chi connectivity index (χ3n) is 6.44. The number of hydrogen-bond acceptors (Lipinski definition) is 12. The molecule has 37 heavy (non-hydrogen) atoms. The van der Waals surface area contributed by atoms with Crippen LogP contribution in [-0.2, 0) is 16.0 Å². The molecule has 2 aromatic carbocycles. The van der Waals surface area contributed by atoms with Crippen LogP contribution in [0.15, 0.2) is 30.3 Å². The Kier molecular flexibility index (Phi) is 7.16. The molecule has 200 valence electrons. The summed E-state index contributed by atoms with van der Waals surface area (Å²) in [6.45, 7) is 1.58. The zero-order valence-electron chi connectivity index (χ0n) is 20.0. The topological polar surface area (TPSA) is 192 Å². The van der Waals surface area contributed by atoms with Gasteiger partial charge in [0.15, 0.2) is 17.3 Å². The number of Topliss-reactive ketones (excluding diaryl/α,β-unsaturated/α-hetero) is 1. The summed E-state index contributed by atoms with van der Waals surface area (Å²) in [6, 6.07) is 7.50. The van der Waals surface area contributed by atoms with Gasteiger partial charge in [-0.3, -0.25) is 9.59 Å². The van der Waals surface area contributed by atoms with Crippen LogP contribution in [0.3, 0.4) is 0 Å². The number of ketones is 1. The van der Waals surface area contributed by atoms with Crippen LogP contribution in [0.25, 0.3) is 11.1 Å². The largest absolute Gasteiger partial charge is 0.488 e. The average molecular weight is 520 g/mol. The van der Waals surface area contributed by atoms with E-state index in [4.69, 9.17) is 14.2 Å². The first-order valence-corrected chi connectivity index (χ1v) is 11.7. The Morgan fingerprint density at radius 2 is 1.57 bits per heavy atom. The Hall–Kier alpha value is -3.26. The van der Waals surface area contributed by atoms with Gasteiger partial charge >= 0.3 is 18.3 Å². The molecule has 0 bridgehead atoms. The van der Waals surface area contributed by atoms with Crippen LogP contribution in [0.1, 0.15) is 48.5 Å². The Morgan fingerprint density at radius 1 is 0.892 bits per heavy atom. The van der Waals surface area contributed by atoms with Crippen molar-refractivity contribution >= 4 is 11.8 Å². The molecule has 2 aromatic rings. The van der Waals surface area contributed by atoms with Crippen LogP contribution >= 0.6 is 0 Å². The normalized spacial score (nSPS) is 16.6. The molecule has 0 aromatic heterocycles. The second-order valence-electron chi connectivity index (χ2n) is 9.02. The minimum Gasteiger partial charge on any atom is -0.488 e. The molecule has 0 saturated heterocycles. The minimum absolute atomic E-state index is 0.0582. The number of aliphatic hydroxyl groups is 6. The van der Waals surface area contributed by atoms with Gasteiger partial charge in [-0.1, -0.05) is 24.6 Å². The number of rotatable bonds is 10. The van der Waals surface area contributed by atoms with E-state index in [-0.39, 0.29) is 36.7 Å². The van der Waals surface area contributed by atoms with Crippen molar-refractivity contribution in [3.8, 4) is 28.4 Å². The van der Waals surface area contributed by atoms with E-state index in [2.05, 4.69) is 4.74 Å². The van der Waals surface area contributed by atoms with Crippen molar-refractivity contribution < 1.29 is 59.2 Å². The van der Waals surface area contributed by atoms with Crippen molar-refractivity contribution in [1.82, 2.24) is 0 Å². The van der Waals surface area contributed by atoms with E-state index in [1.54, 1.807) is 25.1 Å². The lowest BCUT2D eigenvalue weighted by molar-refractivity contribution is -0.428. The third kappa shape index (κ3) is 5.69. The lowest BCUT2D eigenvalue weighted by Gasteiger charge is -2.39. The SMILES string of the molecule is CCOC(=O)C1(COc2c(-c3cccc4c3CCC4=O)ccc(OC(O)(O)O)c2OC(O)(O)O)CCC1. The smallest absolute Gasteiger partial charge is 0.453 e. The summed E-state index contributed by atoms with van der Waals surface area (Å²) in [6.07, 6.45) is -5.12. The molecule has 4 rings (SSSR count). The van der Waals surface area contributed by atoms with Gasteiger partial charge < -0.3 is 49.6 Å². The Morgan fingerprint density at radius 3 is 2.16 bits per heavy atom. The maximum atomic E-state index is 12.7. The molecule has 0 spiro atoms. The number of esters is 1. The van der Waals surface area contributed by atoms with Crippen LogP contribution in [0.5, 0.6) is 17.2 Å². The first kappa shape index (κ1) is 26.8. The molecule has 0 heterocycles. The van der Waals surface area contributed by atoms with Gasteiger partial charge in [0.1, 0.15) is 12.0 Å². The predicted octanol–water partition coefficient (Wildman–Crippen LogP) is 0.529. The summed E-state index contributed by atoms with van der Waals surface area (Å²) < 4.78 is 20.7. The molecule has 0 aliphatic heterocycles. The van der Waals surface area contributed by atoms with Gasteiger partial charge in [0.25, 0.3) is 0 Å². The fraction of sp³-hybridized carbons (Fsp3) is 0.440. The van der Waals surface area contributed by atoms with Crippen molar-refractivity contribution in [2.45, 2.75) is 51.3 Å². The molecule has 0 atom stereocenters. The average Bonchev–Trinajstić information content (AvgIpc) is 3.14. The minimum atomic E-state index is -3.78. The summed E-state index contributed by atoms with van der Waals surface area (Å²) in [5.74, 6) is -2.21. The molecule has 0 radical (unpaired) electrons. The Labute approximate surface area is 211 Å². The van der Waals surface area contributed by atoms with Crippen LogP contribution in [0.4, 0.5) is 0 Å². The van der Waals surface area contributed by atoms with Crippen LogP contribution in [0, 0.1) is 5.41 Å². The van der Waals surface area contributed by atoms with E-state index in [0.29, 0.717) is 36.0 Å². The van der Waals surface area contributed by atoms with Gasteiger partial charge in [-0.2, -0.15) is 0 Å². The first-order chi connectivity index (χ1) is 17.3. The number of carbonyl (C=O) groups excluding carboxylic acids is 2. The third-order valence-corrected chi connectivity index (χ3v) is 6.44. The highest BCUT2D eigenvalue weighted by Gasteiger charge is 2.47. The molecule has 0 amide bonds. The molecule has 6 N–H and O–H groups in total. The molecule has 12 nitrogen and oxygen atoms in total. The van der Waals surface area contributed by atoms with Gasteiger partial charge in [-0.25, -0.2) is 0 Å². The molecular formula is C25H28O12. The molecule has 12 heteroatoms. The standard InChI is InChI=1S/C25H28O12/c1-2-34-22(27)23(11-4-12-23)13-35-20-17(14-5-3-6-16-15(14)7-9-18(16)26)8-10-19(36-24(28,29)30)21(20)37-25(31,32)33/h3,5-6,8,10,28-33H,2,4,7,9,11-13H2,1H3. The predicted molar refractivity (Wildman–Crippen MR) is 123 cm³/mol. The van der Waals surface area contributed by atoms with Crippen molar-refractivity contribution in [2.24, 2.45) is 5.41 Å². The Balaban J connectivity index is 1.87. The fourth-order valence-corrected chi connectivity index (χ4v) is 4.61. The number of benzene rings is 2. The maximum Gasteiger partial charge on any atom is 0.453 e. The lowest BCUT2D eigenvalue weighted by Crippen LogP contribution is -2.44. The number of hydrogen-bond donors (Lipinski definition) is 6. The Bertz CT molecular complexity index is 1190. The zero-order valence-corrected chi connectivity index (χ0v) is 20.0. The van der Waals surface area contributed by atoms with E-state index in [1.807, 2.05) is 0 Å². The summed E-state index contributed by atoms with van der Waals surface area (Å²) in [7, 11) is 0. The number of fused-ring (bicyclic) bond motifs is 1. The van der Waals surface area contributed by atoms with Gasteiger partial charge in [-0.15, -0.1) is 0 Å². The summed E-state index contributed by atoms with van der Waals surface area (Å²) >= 11 is 0. The molecule has 2 aliphatic carbocycles. The van der Waals surface area contributed by atoms with Crippen LogP contribution < -0.4 is 14.2 Å². The summed E-state index contributed by atoms with van der Waals surface area (Å²) in [4.78, 5) is 25.0. The number of ether oxygens (including phenoxy) is 4. The van der Waals surface area contributed by atoms with Crippen LogP contribution in [0.2, 0.25) is 0 Å². The van der Waals surface area contributed by atoms with E-state index < -0.39 is 35.2 Å². The van der Waals surface area contributed by atoms with Crippen molar-refractivity contribution in [1.29, 1.82) is 0 Å². The summed E-state index contributed by atoms with van der Waals surface area (Å²) in [5.41, 5.74) is 0.936. The van der Waals surface area contributed by atoms with E-state index >= 15 is 0 Å². The van der Waals surface area contributed by atoms with Gasteiger partial charge in [0.2, 0.25) is 5.75 Å². The molecule has 0 unspecified atom stereocenters. The molecule has 1 saturated carbocycles. The first-order valence-electron chi connectivity index (χ1n) is 11.7. The highest BCUT2D eigenvalue weighted by atomic mass is 16.9. The van der Waals surface area contributed by atoms with E-state index in [0.717, 1.165) is 12.5 Å².